The number of fused-ring (bicyclic) bond motifs is 1. The maximum absolute atomic E-state index is 12.3. The number of aryl methyl sites for hydroxylation is 1. The standard InChI is InChI=1S/C20H23N3O/c1-14-5-10-18-22-17(13-23(18)12-14)11-21-19(24)15-6-8-16(9-7-15)20(2,3)4/h5-10,12-13H,11H2,1-4H3,(H,21,24). The first kappa shape index (κ1) is 16.2. The lowest BCUT2D eigenvalue weighted by Crippen LogP contribution is -2.23. The Balaban J connectivity index is 1.68. The highest BCUT2D eigenvalue weighted by Crippen LogP contribution is 2.22. The number of nitrogens with one attached hydrogen (secondary N) is 1. The molecule has 3 aromatic rings. The number of rotatable bonds is 3. The molecule has 0 spiro atoms. The average molecular weight is 321 g/mol. The smallest absolute Gasteiger partial charge is 0.251 e. The minimum Gasteiger partial charge on any atom is -0.346 e. The normalized spacial score (nSPS) is 11.7. The van der Waals surface area contributed by atoms with Crippen LogP contribution in [0.15, 0.2) is 48.8 Å². The van der Waals surface area contributed by atoms with Crippen molar-refractivity contribution in [2.75, 3.05) is 0 Å². The first-order valence-electron chi connectivity index (χ1n) is 8.16. The van der Waals surface area contributed by atoms with E-state index < -0.39 is 0 Å². The van der Waals surface area contributed by atoms with Gasteiger partial charge in [-0.15, -0.1) is 0 Å². The van der Waals surface area contributed by atoms with Crippen LogP contribution in [0.1, 0.15) is 48.0 Å². The molecule has 0 aliphatic heterocycles. The van der Waals surface area contributed by atoms with Gasteiger partial charge in [-0.25, -0.2) is 4.98 Å². The lowest BCUT2D eigenvalue weighted by Gasteiger charge is -2.19. The first-order valence-corrected chi connectivity index (χ1v) is 8.16. The topological polar surface area (TPSA) is 46.4 Å². The van der Waals surface area contributed by atoms with Crippen molar-refractivity contribution in [3.8, 4) is 0 Å². The first-order chi connectivity index (χ1) is 11.3. The zero-order valence-electron chi connectivity index (χ0n) is 14.6. The summed E-state index contributed by atoms with van der Waals surface area (Å²) in [7, 11) is 0. The fraction of sp³-hybridized carbons (Fsp3) is 0.300. The van der Waals surface area contributed by atoms with Gasteiger partial charge in [-0.1, -0.05) is 39.0 Å². The van der Waals surface area contributed by atoms with Gasteiger partial charge in [0, 0.05) is 18.0 Å². The Kier molecular flexibility index (Phi) is 4.14. The molecule has 4 nitrogen and oxygen atoms in total. The number of pyridine rings is 1. The van der Waals surface area contributed by atoms with Crippen LogP contribution in [0.2, 0.25) is 0 Å². The third kappa shape index (κ3) is 3.48. The van der Waals surface area contributed by atoms with E-state index in [4.69, 9.17) is 0 Å². The summed E-state index contributed by atoms with van der Waals surface area (Å²) in [6.45, 7) is 8.94. The van der Waals surface area contributed by atoms with E-state index in [1.807, 2.05) is 60.1 Å². The molecule has 24 heavy (non-hydrogen) atoms. The predicted molar refractivity (Wildman–Crippen MR) is 96.2 cm³/mol. The summed E-state index contributed by atoms with van der Waals surface area (Å²) in [6, 6.07) is 11.8. The van der Waals surface area contributed by atoms with Gasteiger partial charge < -0.3 is 9.72 Å². The molecule has 2 aromatic heterocycles. The molecule has 4 heteroatoms. The highest BCUT2D eigenvalue weighted by atomic mass is 16.1. The summed E-state index contributed by atoms with van der Waals surface area (Å²) >= 11 is 0. The van der Waals surface area contributed by atoms with Crippen LogP contribution in [0, 0.1) is 6.92 Å². The van der Waals surface area contributed by atoms with E-state index in [0.717, 1.165) is 11.3 Å². The van der Waals surface area contributed by atoms with Crippen molar-refractivity contribution in [1.29, 1.82) is 0 Å². The van der Waals surface area contributed by atoms with Crippen LogP contribution >= 0.6 is 0 Å². The van der Waals surface area contributed by atoms with Crippen molar-refractivity contribution in [1.82, 2.24) is 14.7 Å². The van der Waals surface area contributed by atoms with Crippen molar-refractivity contribution in [2.24, 2.45) is 0 Å². The number of nitrogens with zero attached hydrogens (tertiary/aromatic N) is 2. The van der Waals surface area contributed by atoms with E-state index in [2.05, 4.69) is 31.1 Å². The van der Waals surface area contributed by atoms with Gasteiger partial charge in [0.1, 0.15) is 5.65 Å². The summed E-state index contributed by atoms with van der Waals surface area (Å²) in [5.74, 6) is -0.0799. The lowest BCUT2D eigenvalue weighted by molar-refractivity contribution is 0.0950. The Morgan fingerprint density at radius 1 is 1.08 bits per heavy atom. The zero-order chi connectivity index (χ0) is 17.3. The van der Waals surface area contributed by atoms with Crippen LogP contribution in [0.5, 0.6) is 0 Å². The Morgan fingerprint density at radius 2 is 1.79 bits per heavy atom. The maximum Gasteiger partial charge on any atom is 0.251 e. The van der Waals surface area contributed by atoms with Crippen molar-refractivity contribution in [3.63, 3.8) is 0 Å². The third-order valence-corrected chi connectivity index (χ3v) is 4.09. The molecule has 3 rings (SSSR count). The van der Waals surface area contributed by atoms with Crippen molar-refractivity contribution in [3.05, 3.63) is 71.2 Å². The van der Waals surface area contributed by atoms with Gasteiger partial charge in [0.2, 0.25) is 0 Å². The Labute approximate surface area is 142 Å². The molecule has 1 N–H and O–H groups in total. The summed E-state index contributed by atoms with van der Waals surface area (Å²) < 4.78 is 1.98. The Bertz CT molecular complexity index is 870. The molecule has 0 saturated carbocycles. The number of carbonyl (C=O) groups excluding carboxylic acids is 1. The number of benzene rings is 1. The van der Waals surface area contributed by atoms with Crippen LogP contribution in [-0.2, 0) is 12.0 Å². The molecule has 2 heterocycles. The molecule has 0 aliphatic carbocycles. The molecule has 1 aromatic carbocycles. The minimum atomic E-state index is -0.0799. The molecule has 124 valence electrons. The second-order valence-corrected chi connectivity index (χ2v) is 7.21. The largest absolute Gasteiger partial charge is 0.346 e. The van der Waals surface area contributed by atoms with Crippen LogP contribution < -0.4 is 5.32 Å². The quantitative estimate of drug-likeness (QED) is 0.796. The predicted octanol–water partition coefficient (Wildman–Crippen LogP) is 3.87. The Hall–Kier alpha value is -2.62. The van der Waals surface area contributed by atoms with E-state index in [1.165, 1.54) is 11.1 Å². The van der Waals surface area contributed by atoms with Gasteiger partial charge in [-0.3, -0.25) is 4.79 Å². The van der Waals surface area contributed by atoms with Crippen molar-refractivity contribution >= 4 is 11.6 Å². The summed E-state index contributed by atoms with van der Waals surface area (Å²) in [6.07, 6.45) is 3.98. The monoisotopic (exact) mass is 321 g/mol. The second-order valence-electron chi connectivity index (χ2n) is 7.21. The number of hydrogen-bond donors (Lipinski definition) is 1. The van der Waals surface area contributed by atoms with Gasteiger partial charge in [0.05, 0.1) is 12.2 Å². The highest BCUT2D eigenvalue weighted by molar-refractivity contribution is 5.94. The molecular formula is C20H23N3O. The highest BCUT2D eigenvalue weighted by Gasteiger charge is 2.14. The summed E-state index contributed by atoms with van der Waals surface area (Å²) in [5.41, 5.74) is 4.88. The summed E-state index contributed by atoms with van der Waals surface area (Å²) in [4.78, 5) is 16.8. The van der Waals surface area contributed by atoms with Gasteiger partial charge >= 0.3 is 0 Å². The van der Waals surface area contributed by atoms with E-state index in [1.54, 1.807) is 0 Å². The number of aromatic nitrogens is 2. The van der Waals surface area contributed by atoms with E-state index in [0.29, 0.717) is 12.1 Å². The molecule has 0 radical (unpaired) electrons. The van der Waals surface area contributed by atoms with Gasteiger partial charge in [0.25, 0.3) is 5.91 Å². The lowest BCUT2D eigenvalue weighted by atomic mass is 9.87. The van der Waals surface area contributed by atoms with E-state index >= 15 is 0 Å². The van der Waals surface area contributed by atoms with E-state index in [-0.39, 0.29) is 11.3 Å². The molecule has 0 atom stereocenters. The number of carbonyl (C=O) groups is 1. The number of amides is 1. The molecule has 0 fully saturated rings. The van der Waals surface area contributed by atoms with Gasteiger partial charge in [0.15, 0.2) is 0 Å². The van der Waals surface area contributed by atoms with Crippen LogP contribution in [0.25, 0.3) is 5.65 Å². The molecule has 0 bridgehead atoms. The van der Waals surface area contributed by atoms with E-state index in [9.17, 15) is 4.79 Å². The maximum atomic E-state index is 12.3. The van der Waals surface area contributed by atoms with Crippen molar-refractivity contribution in [2.45, 2.75) is 39.7 Å². The molecule has 0 saturated heterocycles. The molecule has 0 unspecified atom stereocenters. The van der Waals surface area contributed by atoms with Gasteiger partial charge in [-0.05, 0) is 41.7 Å². The summed E-state index contributed by atoms with van der Waals surface area (Å²) in [5, 5.41) is 2.93. The third-order valence-electron chi connectivity index (χ3n) is 4.09. The van der Waals surface area contributed by atoms with Gasteiger partial charge in [-0.2, -0.15) is 0 Å². The minimum absolute atomic E-state index is 0.0799. The second kappa shape index (κ2) is 6.11. The zero-order valence-corrected chi connectivity index (χ0v) is 14.6. The van der Waals surface area contributed by atoms with Crippen molar-refractivity contribution < 1.29 is 4.79 Å². The van der Waals surface area contributed by atoms with Crippen LogP contribution in [-0.4, -0.2) is 15.3 Å². The van der Waals surface area contributed by atoms with Crippen LogP contribution in [0.3, 0.4) is 0 Å². The van der Waals surface area contributed by atoms with Crippen LogP contribution in [0.4, 0.5) is 0 Å². The fourth-order valence-corrected chi connectivity index (χ4v) is 2.64. The molecule has 0 aliphatic rings. The number of hydrogen-bond acceptors (Lipinski definition) is 2. The average Bonchev–Trinajstić information content (AvgIpc) is 2.94. The molecular weight excluding hydrogens is 298 g/mol. The SMILES string of the molecule is Cc1ccc2nc(CNC(=O)c3ccc(C(C)(C)C)cc3)cn2c1. The molecule has 1 amide bonds. The fourth-order valence-electron chi connectivity index (χ4n) is 2.64. The number of imidazole rings is 1. The Morgan fingerprint density at radius 3 is 2.46 bits per heavy atom.